The summed E-state index contributed by atoms with van der Waals surface area (Å²) in [7, 11) is 0. The van der Waals surface area contributed by atoms with Crippen LogP contribution in [0.1, 0.15) is 29.5 Å². The predicted octanol–water partition coefficient (Wildman–Crippen LogP) is 2.72. The van der Waals surface area contributed by atoms with Gasteiger partial charge >= 0.3 is 0 Å². The van der Waals surface area contributed by atoms with Gasteiger partial charge in [0.2, 0.25) is 5.28 Å². The number of imidazole rings is 1. The van der Waals surface area contributed by atoms with Crippen molar-refractivity contribution >= 4 is 28.6 Å². The van der Waals surface area contributed by atoms with Crippen LogP contribution >= 0.6 is 11.6 Å². The number of anilines is 1. The minimum Gasteiger partial charge on any atom is -0.389 e. The van der Waals surface area contributed by atoms with Crippen LogP contribution in [0.5, 0.6) is 0 Å². The van der Waals surface area contributed by atoms with Gasteiger partial charge in [0.05, 0.1) is 18.5 Å². The zero-order valence-electron chi connectivity index (χ0n) is 17.8. The standard InChI is InChI=1S/C24H25ClN6O2/c25-24-29-22(19-23(30-24)31(13-28-19)18-11-17(26)20(32)21(18)33)27-12-16(14-7-3-1-4-8-14)15-9-5-2-6-10-15/h1-10,13,16-18,20-21,32-33H,11-12,26H2,(H,27,29,30)/t17-,18-,20-,21-/m1/s1. The first-order valence-electron chi connectivity index (χ1n) is 10.9. The monoisotopic (exact) mass is 464 g/mol. The Morgan fingerprint density at radius 3 is 2.21 bits per heavy atom. The second kappa shape index (κ2) is 9.07. The van der Waals surface area contributed by atoms with Crippen molar-refractivity contribution < 1.29 is 10.2 Å². The molecule has 0 amide bonds. The Morgan fingerprint density at radius 2 is 1.64 bits per heavy atom. The van der Waals surface area contributed by atoms with Crippen molar-refractivity contribution in [3.63, 3.8) is 0 Å². The highest BCUT2D eigenvalue weighted by Crippen LogP contribution is 2.34. The summed E-state index contributed by atoms with van der Waals surface area (Å²) in [6.07, 6.45) is -0.0175. The molecular weight excluding hydrogens is 440 g/mol. The fourth-order valence-electron chi connectivity index (χ4n) is 4.57. The lowest BCUT2D eigenvalue weighted by Gasteiger charge is -2.20. The molecule has 1 aliphatic carbocycles. The van der Waals surface area contributed by atoms with Gasteiger partial charge < -0.3 is 25.8 Å². The molecule has 0 aliphatic heterocycles. The van der Waals surface area contributed by atoms with E-state index in [1.807, 2.05) is 36.4 Å². The number of nitrogens with zero attached hydrogens (tertiary/aromatic N) is 4. The smallest absolute Gasteiger partial charge is 0.226 e. The van der Waals surface area contributed by atoms with Crippen molar-refractivity contribution in [2.75, 3.05) is 11.9 Å². The van der Waals surface area contributed by atoms with Gasteiger partial charge in [-0.2, -0.15) is 9.97 Å². The molecule has 0 spiro atoms. The van der Waals surface area contributed by atoms with Crippen molar-refractivity contribution in [2.24, 2.45) is 5.73 Å². The molecule has 5 rings (SSSR count). The third-order valence-corrected chi connectivity index (χ3v) is 6.49. The van der Waals surface area contributed by atoms with Crippen LogP contribution in [0.2, 0.25) is 5.28 Å². The molecule has 1 fully saturated rings. The molecule has 170 valence electrons. The number of hydrogen-bond acceptors (Lipinski definition) is 7. The van der Waals surface area contributed by atoms with Gasteiger partial charge in [0.25, 0.3) is 0 Å². The number of aromatic nitrogens is 4. The Kier molecular flexibility index (Phi) is 5.99. The van der Waals surface area contributed by atoms with Crippen molar-refractivity contribution in [1.29, 1.82) is 0 Å². The number of hydrogen-bond donors (Lipinski definition) is 4. The number of nitrogens with one attached hydrogen (secondary N) is 1. The van der Waals surface area contributed by atoms with Crippen LogP contribution in [0.4, 0.5) is 5.82 Å². The molecule has 1 saturated carbocycles. The Hall–Kier alpha value is -3.04. The molecule has 9 heteroatoms. The lowest BCUT2D eigenvalue weighted by Crippen LogP contribution is -2.35. The van der Waals surface area contributed by atoms with Crippen LogP contribution in [0, 0.1) is 0 Å². The van der Waals surface area contributed by atoms with E-state index in [0.29, 0.717) is 29.9 Å². The molecule has 8 nitrogen and oxygen atoms in total. The maximum absolute atomic E-state index is 10.5. The summed E-state index contributed by atoms with van der Waals surface area (Å²) in [6.45, 7) is 0.568. The molecule has 4 atom stereocenters. The van der Waals surface area contributed by atoms with E-state index >= 15 is 0 Å². The van der Waals surface area contributed by atoms with Gasteiger partial charge in [-0.05, 0) is 29.1 Å². The summed E-state index contributed by atoms with van der Waals surface area (Å²) in [5.74, 6) is 0.598. The Morgan fingerprint density at radius 1 is 1.00 bits per heavy atom. The third-order valence-electron chi connectivity index (χ3n) is 6.33. The van der Waals surface area contributed by atoms with Crippen molar-refractivity contribution in [3.05, 3.63) is 83.4 Å². The first kappa shape index (κ1) is 21.8. The summed E-state index contributed by atoms with van der Waals surface area (Å²) in [6, 6.07) is 19.6. The van der Waals surface area contributed by atoms with Crippen LogP contribution < -0.4 is 11.1 Å². The van der Waals surface area contributed by atoms with Crippen molar-refractivity contribution in [2.45, 2.75) is 36.6 Å². The highest BCUT2D eigenvalue weighted by atomic mass is 35.5. The van der Waals surface area contributed by atoms with Gasteiger partial charge in [0.1, 0.15) is 6.10 Å². The Bertz CT molecular complexity index is 1200. The summed E-state index contributed by atoms with van der Waals surface area (Å²) in [4.78, 5) is 13.2. The van der Waals surface area contributed by atoms with Gasteiger partial charge in [-0.25, -0.2) is 4.98 Å². The maximum atomic E-state index is 10.5. The summed E-state index contributed by atoms with van der Waals surface area (Å²) in [5.41, 5.74) is 9.33. The number of rotatable bonds is 6. The van der Waals surface area contributed by atoms with Gasteiger partial charge in [-0.3, -0.25) is 0 Å². The van der Waals surface area contributed by atoms with Crippen LogP contribution in [0.3, 0.4) is 0 Å². The molecule has 33 heavy (non-hydrogen) atoms. The number of nitrogens with two attached hydrogens (primary N) is 1. The van der Waals surface area contributed by atoms with E-state index in [0.717, 1.165) is 0 Å². The average Bonchev–Trinajstić information content (AvgIpc) is 3.36. The van der Waals surface area contributed by atoms with Crippen LogP contribution in [-0.2, 0) is 0 Å². The van der Waals surface area contributed by atoms with Crippen LogP contribution in [-0.4, -0.2) is 54.5 Å². The first-order valence-corrected chi connectivity index (χ1v) is 11.3. The van der Waals surface area contributed by atoms with Crippen LogP contribution in [0.15, 0.2) is 67.0 Å². The van der Waals surface area contributed by atoms with E-state index in [4.69, 9.17) is 17.3 Å². The zero-order chi connectivity index (χ0) is 22.9. The van der Waals surface area contributed by atoms with E-state index in [-0.39, 0.29) is 11.2 Å². The van der Waals surface area contributed by atoms with Gasteiger partial charge in [0, 0.05) is 18.5 Å². The minimum absolute atomic E-state index is 0.0695. The summed E-state index contributed by atoms with van der Waals surface area (Å²) >= 11 is 6.26. The van der Waals surface area contributed by atoms with Crippen LogP contribution in [0.25, 0.3) is 11.2 Å². The molecule has 0 bridgehead atoms. The predicted molar refractivity (Wildman–Crippen MR) is 127 cm³/mol. The normalized spacial score (nSPS) is 22.8. The molecule has 0 unspecified atom stereocenters. The van der Waals surface area contributed by atoms with Gasteiger partial charge in [0.15, 0.2) is 17.0 Å². The maximum Gasteiger partial charge on any atom is 0.226 e. The Labute approximate surface area is 196 Å². The molecule has 0 radical (unpaired) electrons. The van der Waals surface area contributed by atoms with Crippen molar-refractivity contribution in [3.8, 4) is 0 Å². The number of halogens is 1. The minimum atomic E-state index is -1.01. The van der Waals surface area contributed by atoms with E-state index in [1.54, 1.807) is 10.9 Å². The highest BCUT2D eigenvalue weighted by Gasteiger charge is 2.41. The third kappa shape index (κ3) is 4.18. The number of fused-ring (bicyclic) bond motifs is 1. The molecule has 5 N–H and O–H groups in total. The Balaban J connectivity index is 1.47. The molecule has 4 aromatic rings. The molecule has 1 aliphatic rings. The molecule has 2 heterocycles. The topological polar surface area (TPSA) is 122 Å². The van der Waals surface area contributed by atoms with Gasteiger partial charge in [-0.15, -0.1) is 0 Å². The highest BCUT2D eigenvalue weighted by molar-refractivity contribution is 6.28. The lowest BCUT2D eigenvalue weighted by molar-refractivity contribution is 0.0187. The van der Waals surface area contributed by atoms with E-state index in [1.165, 1.54) is 11.1 Å². The lowest BCUT2D eigenvalue weighted by atomic mass is 9.91. The fourth-order valence-corrected chi connectivity index (χ4v) is 4.73. The fraction of sp³-hybridized carbons (Fsp3) is 0.292. The molecule has 2 aromatic carbocycles. The van der Waals surface area contributed by atoms with E-state index in [2.05, 4.69) is 44.5 Å². The SMILES string of the molecule is N[C@@H]1C[C@@H](n2cnc3c(NCC(c4ccccc4)c4ccccc4)nc(Cl)nc32)[C@@H](O)[C@@H]1O. The second-order valence-electron chi connectivity index (χ2n) is 8.37. The average molecular weight is 465 g/mol. The first-order chi connectivity index (χ1) is 16.0. The summed E-state index contributed by atoms with van der Waals surface area (Å²) in [5, 5.41) is 24.0. The zero-order valence-corrected chi connectivity index (χ0v) is 18.5. The molecule has 2 aromatic heterocycles. The number of aliphatic hydroxyl groups excluding tert-OH is 2. The molecule has 0 saturated heterocycles. The quantitative estimate of drug-likeness (QED) is 0.323. The second-order valence-corrected chi connectivity index (χ2v) is 8.71. The van der Waals surface area contributed by atoms with Gasteiger partial charge in [-0.1, -0.05) is 60.7 Å². The number of aliphatic hydroxyl groups is 2. The largest absolute Gasteiger partial charge is 0.389 e. The van der Waals surface area contributed by atoms with E-state index < -0.39 is 24.3 Å². The molecular formula is C24H25ClN6O2. The number of benzene rings is 2. The van der Waals surface area contributed by atoms with Crippen molar-refractivity contribution in [1.82, 2.24) is 19.5 Å². The van der Waals surface area contributed by atoms with E-state index in [9.17, 15) is 10.2 Å². The summed E-state index contributed by atoms with van der Waals surface area (Å²) < 4.78 is 1.72.